The highest BCUT2D eigenvalue weighted by atomic mass is 32.2. The van der Waals surface area contributed by atoms with E-state index in [4.69, 9.17) is 4.74 Å². The molecule has 0 atom stereocenters. The van der Waals surface area contributed by atoms with Crippen molar-refractivity contribution in [3.8, 4) is 0 Å². The second-order valence-electron chi connectivity index (χ2n) is 6.76. The van der Waals surface area contributed by atoms with E-state index in [2.05, 4.69) is 10.0 Å². The van der Waals surface area contributed by atoms with Gasteiger partial charge in [-0.1, -0.05) is 13.0 Å². The monoisotopic (exact) mass is 399 g/mol. The molecule has 0 radical (unpaired) electrons. The summed E-state index contributed by atoms with van der Waals surface area (Å²) in [5.74, 6) is -1.68. The van der Waals surface area contributed by atoms with E-state index in [1.807, 2.05) is 12.2 Å². The van der Waals surface area contributed by atoms with Crippen LogP contribution in [0.4, 0.5) is 4.79 Å². The standard InChI is InChI=1S/C17H25N3O6S/c1-5-9-18-16(23)19-14(21)11-26-15(22)12-7-6-8-13(10-12)27(24,25)20-17(2,3)4/h6-8,10,20H,5,9,11H2,1-4H3,(H2,18,19,21,23). The highest BCUT2D eigenvalue weighted by molar-refractivity contribution is 7.89. The molecule has 0 heterocycles. The summed E-state index contributed by atoms with van der Waals surface area (Å²) in [7, 11) is -3.82. The molecule has 0 aliphatic rings. The molecule has 9 nitrogen and oxygen atoms in total. The predicted molar refractivity (Wildman–Crippen MR) is 98.6 cm³/mol. The van der Waals surface area contributed by atoms with Gasteiger partial charge in [0.1, 0.15) is 0 Å². The molecule has 0 bridgehead atoms. The molecule has 27 heavy (non-hydrogen) atoms. The number of esters is 1. The number of hydrogen-bond acceptors (Lipinski definition) is 6. The van der Waals surface area contributed by atoms with Crippen LogP contribution in [0, 0.1) is 0 Å². The van der Waals surface area contributed by atoms with Crippen molar-refractivity contribution in [2.45, 2.75) is 44.6 Å². The van der Waals surface area contributed by atoms with Crippen molar-refractivity contribution in [1.29, 1.82) is 0 Å². The molecule has 0 spiro atoms. The second kappa shape index (κ2) is 9.47. The summed E-state index contributed by atoms with van der Waals surface area (Å²) in [5.41, 5.74) is -0.721. The van der Waals surface area contributed by atoms with Crippen molar-refractivity contribution in [3.63, 3.8) is 0 Å². The van der Waals surface area contributed by atoms with Gasteiger partial charge in [0, 0.05) is 12.1 Å². The predicted octanol–water partition coefficient (Wildman–Crippen LogP) is 1.16. The van der Waals surface area contributed by atoms with Gasteiger partial charge >= 0.3 is 12.0 Å². The van der Waals surface area contributed by atoms with E-state index in [1.165, 1.54) is 18.2 Å². The molecule has 1 aromatic rings. The van der Waals surface area contributed by atoms with Crippen LogP contribution in [0.5, 0.6) is 0 Å². The van der Waals surface area contributed by atoms with Gasteiger partial charge in [0.25, 0.3) is 5.91 Å². The van der Waals surface area contributed by atoms with E-state index >= 15 is 0 Å². The van der Waals surface area contributed by atoms with E-state index in [0.717, 1.165) is 6.07 Å². The Balaban J connectivity index is 2.72. The number of imide groups is 1. The minimum atomic E-state index is -3.82. The number of nitrogens with one attached hydrogen (secondary N) is 3. The van der Waals surface area contributed by atoms with Gasteiger partial charge in [-0.15, -0.1) is 0 Å². The Morgan fingerprint density at radius 2 is 1.81 bits per heavy atom. The minimum absolute atomic E-state index is 0.0324. The Morgan fingerprint density at radius 3 is 2.41 bits per heavy atom. The molecule has 1 aromatic carbocycles. The first kappa shape index (κ1) is 22.6. The van der Waals surface area contributed by atoms with Crippen molar-refractivity contribution in [1.82, 2.24) is 15.4 Å². The number of hydrogen-bond donors (Lipinski definition) is 3. The zero-order valence-electron chi connectivity index (χ0n) is 15.8. The summed E-state index contributed by atoms with van der Waals surface area (Å²) in [5, 5.41) is 4.45. The fourth-order valence-electron chi connectivity index (χ4n) is 1.91. The highest BCUT2D eigenvalue weighted by Crippen LogP contribution is 2.15. The van der Waals surface area contributed by atoms with Crippen LogP contribution in [0.25, 0.3) is 0 Å². The summed E-state index contributed by atoms with van der Waals surface area (Å²) in [4.78, 5) is 34.9. The lowest BCUT2D eigenvalue weighted by atomic mass is 10.1. The van der Waals surface area contributed by atoms with Gasteiger partial charge in [0.15, 0.2) is 6.61 Å². The zero-order chi connectivity index (χ0) is 20.7. The maximum absolute atomic E-state index is 12.3. The lowest BCUT2D eigenvalue weighted by molar-refractivity contribution is -0.123. The molecule has 0 fully saturated rings. The molecule has 0 aliphatic carbocycles. The molecule has 0 saturated heterocycles. The summed E-state index contributed by atoms with van der Waals surface area (Å²) in [6, 6.07) is 4.58. The number of ether oxygens (including phenoxy) is 1. The SMILES string of the molecule is CCCNC(=O)NC(=O)COC(=O)c1cccc(S(=O)(=O)NC(C)(C)C)c1. The Kier molecular flexibility index (Phi) is 7.92. The number of benzene rings is 1. The number of amides is 3. The van der Waals surface area contributed by atoms with E-state index < -0.39 is 40.1 Å². The van der Waals surface area contributed by atoms with Gasteiger partial charge in [-0.05, 0) is 45.4 Å². The van der Waals surface area contributed by atoms with Crippen LogP contribution in [-0.2, 0) is 19.6 Å². The molecule has 0 aliphatic heterocycles. The molecule has 0 saturated carbocycles. The average Bonchev–Trinajstić information content (AvgIpc) is 2.56. The third kappa shape index (κ3) is 8.18. The number of carbonyl (C=O) groups excluding carboxylic acids is 3. The summed E-state index contributed by atoms with van der Waals surface area (Å²) >= 11 is 0. The topological polar surface area (TPSA) is 131 Å². The normalized spacial score (nSPS) is 11.6. The van der Waals surface area contributed by atoms with E-state index in [-0.39, 0.29) is 10.5 Å². The van der Waals surface area contributed by atoms with Gasteiger partial charge < -0.3 is 10.1 Å². The van der Waals surface area contributed by atoms with Crippen LogP contribution in [0.15, 0.2) is 29.2 Å². The molecular formula is C17H25N3O6S. The Bertz CT molecular complexity index is 799. The van der Waals surface area contributed by atoms with Crippen LogP contribution in [0.1, 0.15) is 44.5 Å². The van der Waals surface area contributed by atoms with Crippen molar-refractivity contribution in [2.24, 2.45) is 0 Å². The Morgan fingerprint density at radius 1 is 1.15 bits per heavy atom. The maximum Gasteiger partial charge on any atom is 0.338 e. The van der Waals surface area contributed by atoms with Gasteiger partial charge in [0.05, 0.1) is 10.5 Å². The van der Waals surface area contributed by atoms with E-state index in [9.17, 15) is 22.8 Å². The van der Waals surface area contributed by atoms with Crippen LogP contribution in [-0.4, -0.2) is 45.0 Å². The molecule has 0 unspecified atom stereocenters. The largest absolute Gasteiger partial charge is 0.452 e. The number of urea groups is 1. The fourth-order valence-corrected chi connectivity index (χ4v) is 3.38. The van der Waals surface area contributed by atoms with Crippen LogP contribution >= 0.6 is 0 Å². The quantitative estimate of drug-likeness (QED) is 0.590. The first-order valence-corrected chi connectivity index (χ1v) is 9.82. The molecule has 3 amide bonds. The summed E-state index contributed by atoms with van der Waals surface area (Å²) in [6.07, 6.45) is 0.708. The Hall–Kier alpha value is -2.46. The Labute approximate surface area is 158 Å². The van der Waals surface area contributed by atoms with Crippen molar-refractivity contribution in [3.05, 3.63) is 29.8 Å². The number of carbonyl (C=O) groups is 3. The van der Waals surface area contributed by atoms with Gasteiger partial charge in [-0.3, -0.25) is 10.1 Å². The zero-order valence-corrected chi connectivity index (χ0v) is 16.6. The van der Waals surface area contributed by atoms with Crippen molar-refractivity contribution < 1.29 is 27.5 Å². The number of rotatable bonds is 7. The molecule has 10 heteroatoms. The second-order valence-corrected chi connectivity index (χ2v) is 8.45. The number of sulfonamides is 1. The van der Waals surface area contributed by atoms with Crippen molar-refractivity contribution >= 4 is 27.9 Å². The van der Waals surface area contributed by atoms with Crippen molar-refractivity contribution in [2.75, 3.05) is 13.2 Å². The first-order valence-electron chi connectivity index (χ1n) is 8.33. The maximum atomic E-state index is 12.3. The minimum Gasteiger partial charge on any atom is -0.452 e. The summed E-state index contributed by atoms with van der Waals surface area (Å²) < 4.78 is 31.9. The molecule has 0 aromatic heterocycles. The smallest absolute Gasteiger partial charge is 0.338 e. The lowest BCUT2D eigenvalue weighted by Crippen LogP contribution is -2.41. The highest BCUT2D eigenvalue weighted by Gasteiger charge is 2.23. The van der Waals surface area contributed by atoms with E-state index in [0.29, 0.717) is 13.0 Å². The summed E-state index contributed by atoms with van der Waals surface area (Å²) in [6.45, 7) is 6.67. The molecule has 3 N–H and O–H groups in total. The van der Waals surface area contributed by atoms with Crippen LogP contribution < -0.4 is 15.4 Å². The average molecular weight is 399 g/mol. The third-order valence-electron chi connectivity index (χ3n) is 2.94. The van der Waals surface area contributed by atoms with Gasteiger partial charge in [-0.2, -0.15) is 0 Å². The fraction of sp³-hybridized carbons (Fsp3) is 0.471. The van der Waals surface area contributed by atoms with Gasteiger partial charge in [-0.25, -0.2) is 22.7 Å². The van der Waals surface area contributed by atoms with Gasteiger partial charge in [0.2, 0.25) is 10.0 Å². The molecular weight excluding hydrogens is 374 g/mol. The lowest BCUT2D eigenvalue weighted by Gasteiger charge is -2.20. The molecule has 150 valence electrons. The third-order valence-corrected chi connectivity index (χ3v) is 4.70. The molecule has 1 rings (SSSR count). The first-order chi connectivity index (χ1) is 12.4. The van der Waals surface area contributed by atoms with Crippen LogP contribution in [0.3, 0.4) is 0 Å². The van der Waals surface area contributed by atoms with E-state index in [1.54, 1.807) is 20.8 Å². The van der Waals surface area contributed by atoms with Crippen LogP contribution in [0.2, 0.25) is 0 Å².